The van der Waals surface area contributed by atoms with Gasteiger partial charge in [0, 0.05) is 20.1 Å². The van der Waals surface area contributed by atoms with Gasteiger partial charge in [-0.05, 0) is 12.3 Å². The van der Waals surface area contributed by atoms with Crippen LogP contribution in [-0.4, -0.2) is 52.4 Å². The van der Waals surface area contributed by atoms with Crippen LogP contribution in [0.25, 0.3) is 0 Å². The minimum absolute atomic E-state index is 0.0947. The van der Waals surface area contributed by atoms with Gasteiger partial charge in [-0.25, -0.2) is 0 Å². The number of carbonyl (C=O) groups is 1. The number of amides is 1. The lowest BCUT2D eigenvalue weighted by Crippen LogP contribution is -2.44. The summed E-state index contributed by atoms with van der Waals surface area (Å²) in [4.78, 5) is 13.8. The van der Waals surface area contributed by atoms with Gasteiger partial charge in [0.25, 0.3) is 5.91 Å². The highest BCUT2D eigenvalue weighted by Crippen LogP contribution is 2.21. The highest BCUT2D eigenvalue weighted by Gasteiger charge is 2.29. The number of piperidine rings is 1. The number of aliphatic hydroxyl groups excluding tert-OH is 1. The first-order valence-corrected chi connectivity index (χ1v) is 6.42. The van der Waals surface area contributed by atoms with Crippen LogP contribution in [0.4, 0.5) is 5.13 Å². The molecule has 0 aromatic carbocycles. The maximum absolute atomic E-state index is 12.1. The fraction of sp³-hybridized carbons (Fsp3) is 0.700. The highest BCUT2D eigenvalue weighted by atomic mass is 32.1. The molecule has 0 spiro atoms. The summed E-state index contributed by atoms with van der Waals surface area (Å²) in [5.74, 6) is 0.0205. The molecule has 2 unspecified atom stereocenters. The van der Waals surface area contributed by atoms with Gasteiger partial charge >= 0.3 is 0 Å². The summed E-state index contributed by atoms with van der Waals surface area (Å²) < 4.78 is 0. The SMILES string of the molecule is CNc1nnc(C(=O)N2CCC(O)C(C)C2)s1. The van der Waals surface area contributed by atoms with Crippen LogP contribution in [0, 0.1) is 5.92 Å². The number of aromatic nitrogens is 2. The molecule has 17 heavy (non-hydrogen) atoms. The number of carbonyl (C=O) groups excluding carboxylic acids is 1. The number of hydrogen-bond donors (Lipinski definition) is 2. The molecule has 2 atom stereocenters. The van der Waals surface area contributed by atoms with Crippen molar-refractivity contribution < 1.29 is 9.90 Å². The van der Waals surface area contributed by atoms with Crippen molar-refractivity contribution in [3.8, 4) is 0 Å². The van der Waals surface area contributed by atoms with Gasteiger partial charge in [0.15, 0.2) is 0 Å². The lowest BCUT2D eigenvalue weighted by Gasteiger charge is -2.33. The predicted octanol–water partition coefficient (Wildman–Crippen LogP) is 0.423. The molecule has 1 aromatic heterocycles. The van der Waals surface area contributed by atoms with Crippen LogP contribution < -0.4 is 5.32 Å². The number of nitrogens with zero attached hydrogens (tertiary/aromatic N) is 3. The highest BCUT2D eigenvalue weighted by molar-refractivity contribution is 7.17. The van der Waals surface area contributed by atoms with Gasteiger partial charge in [-0.1, -0.05) is 18.3 Å². The van der Waals surface area contributed by atoms with E-state index in [0.717, 1.165) is 0 Å². The Morgan fingerprint density at radius 2 is 2.35 bits per heavy atom. The summed E-state index contributed by atoms with van der Waals surface area (Å²) in [6.45, 7) is 3.11. The van der Waals surface area contributed by atoms with Crippen molar-refractivity contribution in [1.29, 1.82) is 0 Å². The second-order valence-electron chi connectivity index (χ2n) is 4.25. The van der Waals surface area contributed by atoms with Crippen LogP contribution in [0.3, 0.4) is 0 Å². The minimum Gasteiger partial charge on any atom is -0.393 e. The normalized spacial score (nSPS) is 24.8. The molecule has 0 radical (unpaired) electrons. The van der Waals surface area contributed by atoms with Crippen LogP contribution in [-0.2, 0) is 0 Å². The number of rotatable bonds is 2. The molecule has 2 heterocycles. The third-order valence-corrected chi connectivity index (χ3v) is 3.90. The van der Waals surface area contributed by atoms with Crippen molar-refractivity contribution in [2.75, 3.05) is 25.5 Å². The van der Waals surface area contributed by atoms with E-state index in [2.05, 4.69) is 15.5 Å². The van der Waals surface area contributed by atoms with Crippen LogP contribution in [0.5, 0.6) is 0 Å². The van der Waals surface area contributed by atoms with Crippen molar-refractivity contribution in [1.82, 2.24) is 15.1 Å². The van der Waals surface area contributed by atoms with Gasteiger partial charge in [0.1, 0.15) is 0 Å². The van der Waals surface area contributed by atoms with Gasteiger partial charge in [0.2, 0.25) is 10.1 Å². The first-order valence-electron chi connectivity index (χ1n) is 5.60. The van der Waals surface area contributed by atoms with E-state index in [1.807, 2.05) is 6.92 Å². The van der Waals surface area contributed by atoms with Crippen molar-refractivity contribution in [3.63, 3.8) is 0 Å². The molecule has 1 aromatic rings. The van der Waals surface area contributed by atoms with E-state index in [1.54, 1.807) is 11.9 Å². The molecule has 1 saturated heterocycles. The molecule has 0 saturated carbocycles. The molecule has 0 bridgehead atoms. The van der Waals surface area contributed by atoms with E-state index in [0.29, 0.717) is 29.6 Å². The van der Waals surface area contributed by atoms with E-state index in [-0.39, 0.29) is 17.9 Å². The van der Waals surface area contributed by atoms with E-state index in [4.69, 9.17) is 0 Å². The molecular weight excluding hydrogens is 240 g/mol. The van der Waals surface area contributed by atoms with Gasteiger partial charge in [-0.3, -0.25) is 4.79 Å². The second-order valence-corrected chi connectivity index (χ2v) is 5.22. The second kappa shape index (κ2) is 4.97. The summed E-state index contributed by atoms with van der Waals surface area (Å²) in [5, 5.41) is 21.2. The van der Waals surface area contributed by atoms with Crippen LogP contribution in [0.1, 0.15) is 23.1 Å². The lowest BCUT2D eigenvalue weighted by atomic mass is 9.97. The Hall–Kier alpha value is -1.21. The molecule has 0 aliphatic carbocycles. The Morgan fingerprint density at radius 3 is 2.94 bits per heavy atom. The van der Waals surface area contributed by atoms with E-state index < -0.39 is 0 Å². The van der Waals surface area contributed by atoms with Gasteiger partial charge < -0.3 is 15.3 Å². The van der Waals surface area contributed by atoms with E-state index >= 15 is 0 Å². The Labute approximate surface area is 104 Å². The summed E-state index contributed by atoms with van der Waals surface area (Å²) in [6.07, 6.45) is 0.325. The smallest absolute Gasteiger partial charge is 0.284 e. The number of likely N-dealkylation sites (tertiary alicyclic amines) is 1. The van der Waals surface area contributed by atoms with Gasteiger partial charge in [-0.2, -0.15) is 0 Å². The van der Waals surface area contributed by atoms with E-state index in [9.17, 15) is 9.90 Å². The zero-order chi connectivity index (χ0) is 12.4. The molecule has 2 rings (SSSR count). The largest absolute Gasteiger partial charge is 0.393 e. The monoisotopic (exact) mass is 256 g/mol. The third kappa shape index (κ3) is 2.55. The first kappa shape index (κ1) is 12.3. The maximum Gasteiger partial charge on any atom is 0.284 e. The Morgan fingerprint density at radius 1 is 1.59 bits per heavy atom. The van der Waals surface area contributed by atoms with Crippen LogP contribution in [0.15, 0.2) is 0 Å². The van der Waals surface area contributed by atoms with Crippen LogP contribution >= 0.6 is 11.3 Å². The molecule has 6 nitrogen and oxygen atoms in total. The molecule has 94 valence electrons. The van der Waals surface area contributed by atoms with Gasteiger partial charge in [0.05, 0.1) is 6.10 Å². The molecule has 1 aliphatic rings. The molecule has 7 heteroatoms. The minimum atomic E-state index is -0.304. The number of anilines is 1. The van der Waals surface area contributed by atoms with E-state index in [1.165, 1.54) is 11.3 Å². The van der Waals surface area contributed by atoms with Crippen molar-refractivity contribution in [2.45, 2.75) is 19.4 Å². The fourth-order valence-electron chi connectivity index (χ4n) is 1.86. The third-order valence-electron chi connectivity index (χ3n) is 2.97. The number of hydrogen-bond acceptors (Lipinski definition) is 6. The molecule has 2 N–H and O–H groups in total. The van der Waals surface area contributed by atoms with Crippen LogP contribution in [0.2, 0.25) is 0 Å². The Kier molecular flexibility index (Phi) is 3.58. The maximum atomic E-state index is 12.1. The quantitative estimate of drug-likeness (QED) is 0.802. The Bertz CT molecular complexity index is 409. The zero-order valence-corrected chi connectivity index (χ0v) is 10.7. The summed E-state index contributed by atoms with van der Waals surface area (Å²) in [7, 11) is 1.74. The molecule has 1 fully saturated rings. The summed E-state index contributed by atoms with van der Waals surface area (Å²) >= 11 is 1.25. The van der Waals surface area contributed by atoms with Crippen molar-refractivity contribution >= 4 is 22.4 Å². The Balaban J connectivity index is 2.05. The molecular formula is C10H16N4O2S. The predicted molar refractivity (Wildman–Crippen MR) is 65.1 cm³/mol. The zero-order valence-electron chi connectivity index (χ0n) is 9.88. The van der Waals surface area contributed by atoms with Gasteiger partial charge in [-0.15, -0.1) is 10.2 Å². The molecule has 1 aliphatic heterocycles. The number of nitrogens with one attached hydrogen (secondary N) is 1. The number of aliphatic hydroxyl groups is 1. The lowest BCUT2D eigenvalue weighted by molar-refractivity contribution is 0.0297. The average Bonchev–Trinajstić information content (AvgIpc) is 2.80. The molecule has 1 amide bonds. The first-order chi connectivity index (χ1) is 8.11. The van der Waals surface area contributed by atoms with Crippen molar-refractivity contribution in [3.05, 3.63) is 5.01 Å². The average molecular weight is 256 g/mol. The fourth-order valence-corrected chi connectivity index (χ4v) is 2.53. The summed E-state index contributed by atoms with van der Waals surface area (Å²) in [5.41, 5.74) is 0. The standard InChI is InChI=1S/C10H16N4O2S/c1-6-5-14(4-3-7(6)15)9(16)8-12-13-10(11-2)17-8/h6-7,15H,3-5H2,1-2H3,(H,11,13). The topological polar surface area (TPSA) is 78.4 Å². The van der Waals surface area contributed by atoms with Crippen molar-refractivity contribution in [2.24, 2.45) is 5.92 Å². The summed E-state index contributed by atoms with van der Waals surface area (Å²) in [6, 6.07) is 0.